The molecule has 0 rings (SSSR count). The van der Waals surface area contributed by atoms with Gasteiger partial charge in [-0.25, -0.2) is 4.79 Å². The molecular weight excluding hydrogens is 875 g/mol. The van der Waals surface area contributed by atoms with Gasteiger partial charge in [0.2, 0.25) is 0 Å². The minimum Gasteiger partial charge on any atom is -0.477 e. The Balaban J connectivity index is 4.37. The lowest BCUT2D eigenvalue weighted by atomic mass is 10.1. The molecule has 0 aliphatic carbocycles. The van der Waals surface area contributed by atoms with Gasteiger partial charge in [-0.15, -0.1) is 0 Å². The van der Waals surface area contributed by atoms with E-state index in [1.54, 1.807) is 0 Å². The number of hydrogen-bond donors (Lipinski definition) is 1. The molecule has 0 radical (unpaired) electrons. The van der Waals surface area contributed by atoms with Gasteiger partial charge in [0, 0.05) is 12.8 Å². The average molecular weight is 973 g/mol. The molecule has 0 heterocycles. The molecule has 2 unspecified atom stereocenters. The van der Waals surface area contributed by atoms with Crippen molar-refractivity contribution in [2.45, 2.75) is 187 Å². The summed E-state index contributed by atoms with van der Waals surface area (Å²) < 4.78 is 22.7. The number of rotatable bonds is 47. The molecule has 2 atom stereocenters. The van der Waals surface area contributed by atoms with Crippen LogP contribution in [0.2, 0.25) is 0 Å². The molecule has 394 valence electrons. The number of likely N-dealkylation sites (N-methyl/N-ethyl adjacent to an activating group) is 1. The number of ether oxygens (including phenoxy) is 4. The highest BCUT2D eigenvalue weighted by molar-refractivity contribution is 5.71. The lowest BCUT2D eigenvalue weighted by Gasteiger charge is -2.25. The summed E-state index contributed by atoms with van der Waals surface area (Å²) in [7, 11) is 5.93. The van der Waals surface area contributed by atoms with Crippen molar-refractivity contribution in [1.29, 1.82) is 0 Å². The van der Waals surface area contributed by atoms with E-state index in [-0.39, 0.29) is 38.6 Å². The van der Waals surface area contributed by atoms with Crippen LogP contribution >= 0.6 is 0 Å². The van der Waals surface area contributed by atoms with Crippen LogP contribution in [0.5, 0.6) is 0 Å². The Labute approximate surface area is 427 Å². The molecule has 0 aromatic rings. The normalized spacial score (nSPS) is 13.9. The second kappa shape index (κ2) is 50.8. The van der Waals surface area contributed by atoms with Crippen molar-refractivity contribution in [3.63, 3.8) is 0 Å². The maximum absolute atomic E-state index is 12.8. The summed E-state index contributed by atoms with van der Waals surface area (Å²) in [5, 5.41) is 9.66. The molecule has 0 spiro atoms. The van der Waals surface area contributed by atoms with E-state index in [2.05, 4.69) is 148 Å². The first kappa shape index (κ1) is 65.4. The summed E-state index contributed by atoms with van der Waals surface area (Å²) in [5.74, 6) is -2.10. The van der Waals surface area contributed by atoms with E-state index >= 15 is 0 Å². The molecular formula is C61H98NO8+. The Morgan fingerprint density at radius 3 is 1.26 bits per heavy atom. The van der Waals surface area contributed by atoms with Crippen molar-refractivity contribution in [2.24, 2.45) is 0 Å². The summed E-state index contributed by atoms with van der Waals surface area (Å²) in [6.45, 7) is 4.64. The SMILES string of the molecule is CC/C=C\C/C=C\C/C=C\C/C=C\C/C=C\C/C=C\C/C=C\C/C=C\C/C=C\C/C=C\CCCCC(=O)OC(COC(=O)CCCCCCC/C=C\CCCCC)COC(OCC[N+](C)(C)C)C(=O)O. The molecule has 0 bridgehead atoms. The van der Waals surface area contributed by atoms with Gasteiger partial charge in [-0.3, -0.25) is 9.59 Å². The molecule has 0 fully saturated rings. The molecule has 9 nitrogen and oxygen atoms in total. The zero-order valence-electron chi connectivity index (χ0n) is 44.6. The van der Waals surface area contributed by atoms with Crippen LogP contribution in [-0.2, 0) is 33.3 Å². The van der Waals surface area contributed by atoms with Gasteiger partial charge < -0.3 is 28.5 Å². The third kappa shape index (κ3) is 51.3. The first-order chi connectivity index (χ1) is 34.1. The number of aliphatic carboxylic acids is 1. The van der Waals surface area contributed by atoms with Crippen LogP contribution in [0.15, 0.2) is 134 Å². The molecule has 0 saturated carbocycles. The number of carboxylic acids is 1. The molecule has 70 heavy (non-hydrogen) atoms. The Hall–Kier alpha value is -4.57. The fourth-order valence-electron chi connectivity index (χ4n) is 6.50. The van der Waals surface area contributed by atoms with E-state index < -0.39 is 24.3 Å². The van der Waals surface area contributed by atoms with E-state index in [4.69, 9.17) is 18.9 Å². The van der Waals surface area contributed by atoms with Gasteiger partial charge in [-0.05, 0) is 116 Å². The van der Waals surface area contributed by atoms with Crippen LogP contribution in [0.1, 0.15) is 174 Å². The number of hydrogen-bond acceptors (Lipinski definition) is 7. The van der Waals surface area contributed by atoms with E-state index in [9.17, 15) is 19.5 Å². The van der Waals surface area contributed by atoms with Gasteiger partial charge in [-0.1, -0.05) is 180 Å². The molecule has 0 amide bonds. The Kier molecular flexibility index (Phi) is 47.5. The van der Waals surface area contributed by atoms with Crippen molar-refractivity contribution in [3.8, 4) is 0 Å². The van der Waals surface area contributed by atoms with Gasteiger partial charge in [0.05, 0.1) is 34.4 Å². The zero-order valence-corrected chi connectivity index (χ0v) is 44.6. The van der Waals surface area contributed by atoms with Gasteiger partial charge in [0.15, 0.2) is 6.10 Å². The number of nitrogens with zero attached hydrogens (tertiary/aromatic N) is 1. The van der Waals surface area contributed by atoms with Crippen molar-refractivity contribution >= 4 is 17.9 Å². The average Bonchev–Trinajstić information content (AvgIpc) is 3.33. The standard InChI is InChI=1S/C61H97NO8/c1-6-8-10-12-14-16-18-20-21-22-23-24-25-26-27-28-29-30-31-32-33-34-35-36-37-38-39-40-42-44-46-48-50-52-59(64)70-57(56-69-61(60(65)66)67-54-53-62(3,4)5)55-68-58(63)51-49-47-45-43-41-19-17-15-13-11-9-7-2/h8,10,14-17,20-21,23-24,26-27,29-30,32-33,35-36,38-39,42,44,57,61H,6-7,9,11-13,18-19,22,25,28,31,34,37,40-41,43,45-56H2,1-5H3/p+1/b10-8-,16-14-,17-15-,21-20-,24-23-,27-26-,30-29-,33-32-,36-35-,39-38-,44-42-. The molecule has 0 aliphatic rings. The minimum absolute atomic E-state index is 0.170. The molecule has 0 aliphatic heterocycles. The summed E-state index contributed by atoms with van der Waals surface area (Å²) in [6.07, 6.45) is 69.6. The molecule has 0 aromatic heterocycles. The van der Waals surface area contributed by atoms with Gasteiger partial charge in [0.1, 0.15) is 13.2 Å². The number of allylic oxidation sites excluding steroid dienone is 22. The highest BCUT2D eigenvalue weighted by Gasteiger charge is 2.25. The van der Waals surface area contributed by atoms with Gasteiger partial charge >= 0.3 is 17.9 Å². The Morgan fingerprint density at radius 2 is 0.814 bits per heavy atom. The second-order valence-corrected chi connectivity index (χ2v) is 18.4. The summed E-state index contributed by atoms with van der Waals surface area (Å²) in [4.78, 5) is 37.2. The van der Waals surface area contributed by atoms with E-state index in [1.165, 1.54) is 19.3 Å². The predicted octanol–water partition coefficient (Wildman–Crippen LogP) is 15.5. The van der Waals surface area contributed by atoms with Crippen molar-refractivity contribution in [2.75, 3.05) is 47.5 Å². The number of carbonyl (C=O) groups is 3. The first-order valence-corrected chi connectivity index (χ1v) is 26.8. The van der Waals surface area contributed by atoms with Crippen LogP contribution in [0, 0.1) is 0 Å². The quantitative estimate of drug-likeness (QED) is 0.0211. The maximum Gasteiger partial charge on any atom is 0.361 e. The van der Waals surface area contributed by atoms with E-state index in [0.29, 0.717) is 17.4 Å². The highest BCUT2D eigenvalue weighted by atomic mass is 16.7. The highest BCUT2D eigenvalue weighted by Crippen LogP contribution is 2.12. The third-order valence-electron chi connectivity index (χ3n) is 10.6. The molecule has 0 aromatic carbocycles. The Morgan fingerprint density at radius 1 is 0.443 bits per heavy atom. The summed E-state index contributed by atoms with van der Waals surface area (Å²) in [5.41, 5.74) is 0. The topological polar surface area (TPSA) is 108 Å². The second-order valence-electron chi connectivity index (χ2n) is 18.4. The Bertz CT molecular complexity index is 1600. The van der Waals surface area contributed by atoms with Crippen LogP contribution in [0.25, 0.3) is 0 Å². The largest absolute Gasteiger partial charge is 0.477 e. The number of esters is 2. The maximum atomic E-state index is 12.8. The van der Waals surface area contributed by atoms with E-state index in [1.807, 2.05) is 21.1 Å². The third-order valence-corrected chi connectivity index (χ3v) is 10.6. The number of carboxylic acid groups (broad SMARTS) is 1. The van der Waals surface area contributed by atoms with Crippen LogP contribution in [0.4, 0.5) is 0 Å². The summed E-state index contributed by atoms with van der Waals surface area (Å²) >= 11 is 0. The van der Waals surface area contributed by atoms with Gasteiger partial charge in [-0.2, -0.15) is 0 Å². The van der Waals surface area contributed by atoms with E-state index in [0.717, 1.165) is 122 Å². The van der Waals surface area contributed by atoms with Crippen molar-refractivity contribution < 1.29 is 42.9 Å². The number of quaternary nitrogens is 1. The molecule has 0 saturated heterocycles. The van der Waals surface area contributed by atoms with Gasteiger partial charge in [0.25, 0.3) is 6.29 Å². The molecule has 9 heteroatoms. The lowest BCUT2D eigenvalue weighted by molar-refractivity contribution is -0.870. The van der Waals surface area contributed by atoms with Crippen molar-refractivity contribution in [3.05, 3.63) is 134 Å². The number of carbonyl (C=O) groups excluding carboxylic acids is 2. The zero-order chi connectivity index (χ0) is 51.3. The lowest BCUT2D eigenvalue weighted by Crippen LogP contribution is -2.40. The molecule has 1 N–H and O–H groups in total. The van der Waals surface area contributed by atoms with Crippen LogP contribution < -0.4 is 0 Å². The number of unbranched alkanes of at least 4 members (excludes halogenated alkanes) is 10. The predicted molar refractivity (Wildman–Crippen MR) is 294 cm³/mol. The first-order valence-electron chi connectivity index (χ1n) is 26.8. The van der Waals surface area contributed by atoms with Crippen molar-refractivity contribution in [1.82, 2.24) is 0 Å². The monoisotopic (exact) mass is 973 g/mol. The van der Waals surface area contributed by atoms with Crippen LogP contribution in [0.3, 0.4) is 0 Å². The minimum atomic E-state index is -1.53. The van der Waals surface area contributed by atoms with Crippen LogP contribution in [-0.4, -0.2) is 87.4 Å². The fraction of sp³-hybridized carbons (Fsp3) is 0.590. The smallest absolute Gasteiger partial charge is 0.361 e. The fourth-order valence-corrected chi connectivity index (χ4v) is 6.50. The summed E-state index contributed by atoms with van der Waals surface area (Å²) in [6, 6.07) is 0.